The van der Waals surface area contributed by atoms with Crippen LogP contribution in [0.3, 0.4) is 0 Å². The van der Waals surface area contributed by atoms with E-state index in [0.29, 0.717) is 6.42 Å². The van der Waals surface area contributed by atoms with E-state index in [-0.39, 0.29) is 11.7 Å². The summed E-state index contributed by atoms with van der Waals surface area (Å²) in [7, 11) is 0. The number of hydrogen-bond acceptors (Lipinski definition) is 3. The van der Waals surface area contributed by atoms with Gasteiger partial charge in [-0.25, -0.2) is 4.79 Å². The number of alkyl carbamates (subject to hydrolysis) is 1. The van der Waals surface area contributed by atoms with Crippen molar-refractivity contribution in [2.45, 2.75) is 123 Å². The first-order valence-electron chi connectivity index (χ1n) is 10.9. The molecule has 27 heavy (non-hydrogen) atoms. The van der Waals surface area contributed by atoms with Crippen LogP contribution in [0.4, 0.5) is 4.79 Å². The van der Waals surface area contributed by atoms with E-state index in [1.807, 2.05) is 0 Å². The van der Waals surface area contributed by atoms with Gasteiger partial charge in [-0.1, -0.05) is 84.0 Å². The van der Waals surface area contributed by atoms with Gasteiger partial charge in [-0.2, -0.15) is 0 Å². The summed E-state index contributed by atoms with van der Waals surface area (Å²) in [6.07, 6.45) is 15.3. The van der Waals surface area contributed by atoms with Crippen LogP contribution in [0, 0.1) is 0 Å². The highest BCUT2D eigenvalue weighted by Crippen LogP contribution is 2.14. The van der Waals surface area contributed by atoms with E-state index in [9.17, 15) is 9.59 Å². The second-order valence-corrected chi connectivity index (χ2v) is 8.74. The molecule has 0 aliphatic carbocycles. The average Bonchev–Trinajstić information content (AvgIpc) is 2.59. The largest absolute Gasteiger partial charge is 0.444 e. The molecule has 0 aromatic heterocycles. The lowest BCUT2D eigenvalue weighted by Crippen LogP contribution is -2.44. The number of nitrogens with one attached hydrogen (secondary N) is 1. The lowest BCUT2D eigenvalue weighted by atomic mass is 10.0. The lowest BCUT2D eigenvalue weighted by molar-refractivity contribution is -0.118. The van der Waals surface area contributed by atoms with Crippen LogP contribution in [0.25, 0.3) is 0 Å². The predicted molar refractivity (Wildman–Crippen MR) is 115 cm³/mol. The molecule has 0 radical (unpaired) electrons. The third-order valence-corrected chi connectivity index (χ3v) is 4.82. The molecule has 4 nitrogen and oxygen atoms in total. The zero-order valence-electron chi connectivity index (χ0n) is 18.1. The van der Waals surface area contributed by atoms with Gasteiger partial charge < -0.3 is 10.1 Å². The zero-order chi connectivity index (χ0) is 20.5. The number of ether oxygens (including phenoxy) is 1. The quantitative estimate of drug-likeness (QED) is 0.228. The third-order valence-electron chi connectivity index (χ3n) is 4.56. The van der Waals surface area contributed by atoms with Crippen molar-refractivity contribution in [2.75, 3.05) is 5.88 Å². The summed E-state index contributed by atoms with van der Waals surface area (Å²) in [5.41, 5.74) is -0.575. The summed E-state index contributed by atoms with van der Waals surface area (Å²) in [6, 6.07) is -0.541. The molecular formula is C22H42ClNO3. The summed E-state index contributed by atoms with van der Waals surface area (Å²) in [4.78, 5) is 23.8. The van der Waals surface area contributed by atoms with Crippen LogP contribution in [0.5, 0.6) is 0 Å². The molecule has 0 spiro atoms. The molecule has 0 aliphatic heterocycles. The SMILES string of the molecule is CCCCCCCCCCCCCC[C@@H](NC(=O)OC(C)(C)C)C(=O)CCl. The van der Waals surface area contributed by atoms with E-state index in [0.717, 1.165) is 12.8 Å². The minimum absolute atomic E-state index is 0.0846. The Morgan fingerprint density at radius 3 is 1.70 bits per heavy atom. The van der Waals surface area contributed by atoms with E-state index in [1.54, 1.807) is 20.8 Å². The van der Waals surface area contributed by atoms with Gasteiger partial charge in [0.25, 0.3) is 0 Å². The van der Waals surface area contributed by atoms with Crippen LogP contribution in [-0.2, 0) is 9.53 Å². The van der Waals surface area contributed by atoms with Gasteiger partial charge in [-0.3, -0.25) is 4.79 Å². The maximum absolute atomic E-state index is 11.9. The average molecular weight is 404 g/mol. The summed E-state index contributed by atoms with van der Waals surface area (Å²) in [6.45, 7) is 7.66. The van der Waals surface area contributed by atoms with Crippen LogP contribution in [0.15, 0.2) is 0 Å². The summed E-state index contributed by atoms with van der Waals surface area (Å²) < 4.78 is 5.23. The Kier molecular flexibility index (Phi) is 15.7. The van der Waals surface area contributed by atoms with Gasteiger partial charge in [0.1, 0.15) is 5.60 Å². The van der Waals surface area contributed by atoms with Gasteiger partial charge in [0.05, 0.1) is 11.9 Å². The maximum Gasteiger partial charge on any atom is 0.408 e. The van der Waals surface area contributed by atoms with E-state index < -0.39 is 17.7 Å². The fraction of sp³-hybridized carbons (Fsp3) is 0.909. The maximum atomic E-state index is 11.9. The van der Waals surface area contributed by atoms with Gasteiger partial charge >= 0.3 is 6.09 Å². The van der Waals surface area contributed by atoms with Crippen molar-refractivity contribution in [3.05, 3.63) is 0 Å². The zero-order valence-corrected chi connectivity index (χ0v) is 18.8. The predicted octanol–water partition coefficient (Wildman–Crippen LogP) is 6.78. The molecule has 1 amide bonds. The van der Waals surface area contributed by atoms with E-state index in [2.05, 4.69) is 12.2 Å². The van der Waals surface area contributed by atoms with Gasteiger partial charge in [-0.05, 0) is 27.2 Å². The first-order chi connectivity index (χ1) is 12.8. The van der Waals surface area contributed by atoms with Crippen LogP contribution in [-0.4, -0.2) is 29.4 Å². The smallest absolute Gasteiger partial charge is 0.408 e. The molecule has 0 saturated carbocycles. The Bertz CT molecular complexity index is 394. The van der Waals surface area contributed by atoms with Gasteiger partial charge in [-0.15, -0.1) is 11.6 Å². The first-order valence-corrected chi connectivity index (χ1v) is 11.4. The highest BCUT2D eigenvalue weighted by atomic mass is 35.5. The Labute approximate surface area is 172 Å². The number of amides is 1. The highest BCUT2D eigenvalue weighted by Gasteiger charge is 2.23. The number of rotatable bonds is 16. The van der Waals surface area contributed by atoms with E-state index in [1.165, 1.54) is 64.2 Å². The number of carbonyl (C=O) groups is 2. The first kappa shape index (κ1) is 26.2. The van der Waals surface area contributed by atoms with Crippen LogP contribution in [0.1, 0.15) is 111 Å². The number of halogens is 1. The van der Waals surface area contributed by atoms with Gasteiger partial charge in [0, 0.05) is 0 Å². The molecule has 0 aromatic carbocycles. The molecular weight excluding hydrogens is 362 g/mol. The van der Waals surface area contributed by atoms with Crippen molar-refractivity contribution in [3.63, 3.8) is 0 Å². The molecule has 5 heteroatoms. The van der Waals surface area contributed by atoms with Crippen molar-refractivity contribution in [3.8, 4) is 0 Å². The highest BCUT2D eigenvalue weighted by molar-refractivity contribution is 6.28. The number of unbranched alkanes of at least 4 members (excludes halogenated alkanes) is 11. The standard InChI is InChI=1S/C22H42ClNO3/c1-5-6-7-8-9-10-11-12-13-14-15-16-17-19(20(25)18-23)24-21(26)27-22(2,3)4/h19H,5-18H2,1-4H3,(H,24,26)/t19-/m1/s1. The van der Waals surface area contributed by atoms with Crippen molar-refractivity contribution in [1.29, 1.82) is 0 Å². The molecule has 1 N–H and O–H groups in total. The molecule has 1 atom stereocenters. The molecule has 0 rings (SSSR count). The van der Waals surface area contributed by atoms with Gasteiger partial charge in [0.15, 0.2) is 5.78 Å². The van der Waals surface area contributed by atoms with Gasteiger partial charge in [0.2, 0.25) is 0 Å². The number of alkyl halides is 1. The normalized spacial score (nSPS) is 12.6. The lowest BCUT2D eigenvalue weighted by Gasteiger charge is -2.22. The molecule has 0 aromatic rings. The summed E-state index contributed by atoms with van der Waals surface area (Å²) >= 11 is 5.67. The third kappa shape index (κ3) is 17.1. The van der Waals surface area contributed by atoms with Crippen LogP contribution in [0.2, 0.25) is 0 Å². The molecule has 0 aliphatic rings. The van der Waals surface area contributed by atoms with E-state index in [4.69, 9.17) is 16.3 Å². The topological polar surface area (TPSA) is 55.4 Å². The summed E-state index contributed by atoms with van der Waals surface area (Å²) in [5.74, 6) is -0.232. The minimum atomic E-state index is -0.575. The van der Waals surface area contributed by atoms with Crippen LogP contribution >= 0.6 is 11.6 Å². The van der Waals surface area contributed by atoms with Crippen molar-refractivity contribution in [2.24, 2.45) is 0 Å². The number of Topliss-reactive ketones (excluding diaryl/α,β-unsaturated/α-hetero) is 1. The van der Waals surface area contributed by atoms with E-state index >= 15 is 0 Å². The molecule has 0 unspecified atom stereocenters. The Morgan fingerprint density at radius 2 is 1.30 bits per heavy atom. The Balaban J connectivity index is 3.80. The summed E-state index contributed by atoms with van der Waals surface area (Å²) in [5, 5.41) is 2.67. The second kappa shape index (κ2) is 16.2. The fourth-order valence-corrected chi connectivity index (χ4v) is 3.23. The number of ketones is 1. The second-order valence-electron chi connectivity index (χ2n) is 8.48. The van der Waals surface area contributed by atoms with Crippen LogP contribution < -0.4 is 5.32 Å². The number of carbonyl (C=O) groups excluding carboxylic acids is 2. The minimum Gasteiger partial charge on any atom is -0.444 e. The molecule has 160 valence electrons. The van der Waals surface area contributed by atoms with Crippen molar-refractivity contribution >= 4 is 23.5 Å². The Hall–Kier alpha value is -0.770. The fourth-order valence-electron chi connectivity index (χ4n) is 3.05. The molecule has 0 bridgehead atoms. The molecule has 0 fully saturated rings. The number of hydrogen-bond donors (Lipinski definition) is 1. The molecule has 0 heterocycles. The van der Waals surface area contributed by atoms with Crippen molar-refractivity contribution < 1.29 is 14.3 Å². The Morgan fingerprint density at radius 1 is 0.852 bits per heavy atom. The molecule has 0 saturated heterocycles. The van der Waals surface area contributed by atoms with Crippen molar-refractivity contribution in [1.82, 2.24) is 5.32 Å². The monoisotopic (exact) mass is 403 g/mol.